The Hall–Kier alpha value is -2.11. The smallest absolute Gasteiger partial charge is 0.342 e. The van der Waals surface area contributed by atoms with Crippen molar-refractivity contribution in [1.82, 2.24) is 0 Å². The van der Waals surface area contributed by atoms with Gasteiger partial charge in [0.2, 0.25) is 0 Å². The molecular formula is C14H18N2O4. The molecule has 2 rings (SSSR count). The zero-order valence-corrected chi connectivity index (χ0v) is 11.4. The van der Waals surface area contributed by atoms with Gasteiger partial charge in [-0.05, 0) is 37.3 Å². The zero-order valence-electron chi connectivity index (χ0n) is 11.4. The first-order valence-corrected chi connectivity index (χ1v) is 6.75. The van der Waals surface area contributed by atoms with Crippen LogP contribution in [-0.2, 0) is 0 Å². The largest absolute Gasteiger partial charge is 0.477 e. The molecule has 1 aliphatic heterocycles. The number of carboxylic acids is 1. The normalized spacial score (nSPS) is 19.4. The number of hydrogen-bond donors (Lipinski definition) is 1. The molecular weight excluding hydrogens is 260 g/mol. The molecule has 1 atom stereocenters. The fraction of sp³-hybridized carbons (Fsp3) is 0.500. The van der Waals surface area contributed by atoms with Gasteiger partial charge >= 0.3 is 5.97 Å². The summed E-state index contributed by atoms with van der Waals surface area (Å²) >= 11 is 0. The number of carboxylic acid groups (broad SMARTS) is 1. The number of carbonyl (C=O) groups is 1. The molecule has 1 aliphatic rings. The number of nitro benzene ring substituents is 1. The van der Waals surface area contributed by atoms with E-state index in [9.17, 15) is 14.9 Å². The monoisotopic (exact) mass is 278 g/mol. The third-order valence-electron chi connectivity index (χ3n) is 3.79. The number of nitro groups is 1. The van der Waals surface area contributed by atoms with E-state index in [4.69, 9.17) is 5.11 Å². The molecule has 1 N–H and O–H groups in total. The van der Waals surface area contributed by atoms with Gasteiger partial charge in [-0.15, -0.1) is 0 Å². The molecule has 1 saturated heterocycles. The summed E-state index contributed by atoms with van der Waals surface area (Å²) in [5, 5.41) is 20.0. The average Bonchev–Trinajstić information content (AvgIpc) is 2.62. The van der Waals surface area contributed by atoms with E-state index >= 15 is 0 Å². The Labute approximate surface area is 117 Å². The van der Waals surface area contributed by atoms with Crippen LogP contribution >= 0.6 is 0 Å². The summed E-state index contributed by atoms with van der Waals surface area (Å²) in [7, 11) is 0. The maximum atomic E-state index is 11.2. The van der Waals surface area contributed by atoms with E-state index in [0.717, 1.165) is 38.0 Å². The van der Waals surface area contributed by atoms with Crippen molar-refractivity contribution < 1.29 is 14.8 Å². The lowest BCUT2D eigenvalue weighted by molar-refractivity contribution is -0.385. The Morgan fingerprint density at radius 1 is 1.40 bits per heavy atom. The summed E-state index contributed by atoms with van der Waals surface area (Å²) in [5.74, 6) is -0.598. The second-order valence-electron chi connectivity index (χ2n) is 5.29. The Morgan fingerprint density at radius 2 is 2.15 bits per heavy atom. The van der Waals surface area contributed by atoms with Crippen LogP contribution in [-0.4, -0.2) is 29.1 Å². The lowest BCUT2D eigenvalue weighted by Crippen LogP contribution is -2.24. The van der Waals surface area contributed by atoms with E-state index in [1.807, 2.05) is 0 Å². The lowest BCUT2D eigenvalue weighted by Gasteiger charge is -2.23. The number of anilines is 1. The van der Waals surface area contributed by atoms with E-state index in [2.05, 4.69) is 11.8 Å². The molecule has 0 saturated carbocycles. The number of hydrogen-bond acceptors (Lipinski definition) is 4. The standard InChI is InChI=1S/C14H18N2O4/c1-10-3-2-7-15(8-6-10)11-4-5-13(16(19)20)12(9-11)14(17)18/h4-5,9-10H,2-3,6-8H2,1H3,(H,17,18). The fourth-order valence-corrected chi connectivity index (χ4v) is 2.57. The van der Waals surface area contributed by atoms with Gasteiger partial charge in [-0.1, -0.05) is 6.92 Å². The van der Waals surface area contributed by atoms with Gasteiger partial charge in [0, 0.05) is 24.8 Å². The zero-order chi connectivity index (χ0) is 14.7. The second-order valence-corrected chi connectivity index (χ2v) is 5.29. The Bertz CT molecular complexity index is 530. The third-order valence-corrected chi connectivity index (χ3v) is 3.79. The molecule has 1 unspecified atom stereocenters. The van der Waals surface area contributed by atoms with Crippen molar-refractivity contribution >= 4 is 17.3 Å². The molecule has 1 aromatic carbocycles. The van der Waals surface area contributed by atoms with Crippen molar-refractivity contribution in [3.63, 3.8) is 0 Å². The molecule has 0 aliphatic carbocycles. The lowest BCUT2D eigenvalue weighted by atomic mass is 10.0. The SMILES string of the molecule is CC1CCCN(c2ccc([N+](=O)[O-])c(C(=O)O)c2)CC1. The summed E-state index contributed by atoms with van der Waals surface area (Å²) in [5.41, 5.74) is 0.149. The highest BCUT2D eigenvalue weighted by Crippen LogP contribution is 2.27. The molecule has 108 valence electrons. The predicted octanol–water partition coefficient (Wildman–Crippen LogP) is 2.92. The Balaban J connectivity index is 2.31. The minimum Gasteiger partial charge on any atom is -0.477 e. The molecule has 1 aromatic rings. The predicted molar refractivity (Wildman–Crippen MR) is 75.3 cm³/mol. The van der Waals surface area contributed by atoms with Gasteiger partial charge in [0.15, 0.2) is 0 Å². The van der Waals surface area contributed by atoms with Crippen molar-refractivity contribution in [2.75, 3.05) is 18.0 Å². The second kappa shape index (κ2) is 5.90. The maximum absolute atomic E-state index is 11.2. The van der Waals surface area contributed by atoms with Gasteiger partial charge in [0.1, 0.15) is 5.56 Å². The van der Waals surface area contributed by atoms with E-state index in [0.29, 0.717) is 5.92 Å². The van der Waals surface area contributed by atoms with E-state index in [1.165, 1.54) is 12.1 Å². The van der Waals surface area contributed by atoms with Gasteiger partial charge in [0.05, 0.1) is 4.92 Å². The molecule has 6 heteroatoms. The number of aromatic carboxylic acids is 1. The highest BCUT2D eigenvalue weighted by atomic mass is 16.6. The average molecular weight is 278 g/mol. The van der Waals surface area contributed by atoms with Crippen LogP contribution < -0.4 is 4.90 Å². The van der Waals surface area contributed by atoms with Crippen molar-refractivity contribution in [3.05, 3.63) is 33.9 Å². The molecule has 20 heavy (non-hydrogen) atoms. The molecule has 1 fully saturated rings. The fourth-order valence-electron chi connectivity index (χ4n) is 2.57. The van der Waals surface area contributed by atoms with Crippen molar-refractivity contribution in [3.8, 4) is 0 Å². The minimum atomic E-state index is -1.26. The van der Waals surface area contributed by atoms with Crippen LogP contribution in [0.25, 0.3) is 0 Å². The number of rotatable bonds is 3. The van der Waals surface area contributed by atoms with E-state index in [-0.39, 0.29) is 11.3 Å². The molecule has 6 nitrogen and oxygen atoms in total. The van der Waals surface area contributed by atoms with Crippen LogP contribution in [0.4, 0.5) is 11.4 Å². The van der Waals surface area contributed by atoms with E-state index in [1.54, 1.807) is 6.07 Å². The van der Waals surface area contributed by atoms with Crippen molar-refractivity contribution in [2.45, 2.75) is 26.2 Å². The van der Waals surface area contributed by atoms with Gasteiger partial charge in [-0.3, -0.25) is 10.1 Å². The Kier molecular flexibility index (Phi) is 4.22. The van der Waals surface area contributed by atoms with Gasteiger partial charge in [0.25, 0.3) is 5.69 Å². The summed E-state index contributed by atoms with van der Waals surface area (Å²) in [6, 6.07) is 4.34. The quantitative estimate of drug-likeness (QED) is 0.678. The van der Waals surface area contributed by atoms with Crippen LogP contribution in [0.2, 0.25) is 0 Å². The van der Waals surface area contributed by atoms with Crippen LogP contribution in [0.5, 0.6) is 0 Å². The first-order chi connectivity index (χ1) is 9.49. The molecule has 0 radical (unpaired) electrons. The molecule has 0 aromatic heterocycles. The Morgan fingerprint density at radius 3 is 2.80 bits per heavy atom. The molecule has 0 bridgehead atoms. The third kappa shape index (κ3) is 3.07. The number of benzene rings is 1. The first kappa shape index (κ1) is 14.3. The summed E-state index contributed by atoms with van der Waals surface area (Å²) in [6.45, 7) is 3.93. The van der Waals surface area contributed by atoms with Crippen molar-refractivity contribution in [1.29, 1.82) is 0 Å². The van der Waals surface area contributed by atoms with Gasteiger partial charge in [-0.25, -0.2) is 4.79 Å². The number of nitrogens with zero attached hydrogens (tertiary/aromatic N) is 2. The molecule has 0 spiro atoms. The van der Waals surface area contributed by atoms with E-state index < -0.39 is 10.9 Å². The maximum Gasteiger partial charge on any atom is 0.342 e. The van der Waals surface area contributed by atoms with Gasteiger partial charge < -0.3 is 10.0 Å². The molecule has 1 heterocycles. The highest BCUT2D eigenvalue weighted by molar-refractivity contribution is 5.93. The molecule has 0 amide bonds. The van der Waals surface area contributed by atoms with Crippen LogP contribution in [0.1, 0.15) is 36.5 Å². The van der Waals surface area contributed by atoms with Crippen LogP contribution in [0.3, 0.4) is 0 Å². The summed E-state index contributed by atoms with van der Waals surface area (Å²) < 4.78 is 0. The van der Waals surface area contributed by atoms with Crippen LogP contribution in [0, 0.1) is 16.0 Å². The summed E-state index contributed by atoms with van der Waals surface area (Å²) in [6.07, 6.45) is 3.27. The highest BCUT2D eigenvalue weighted by Gasteiger charge is 2.22. The topological polar surface area (TPSA) is 83.7 Å². The van der Waals surface area contributed by atoms with Crippen LogP contribution in [0.15, 0.2) is 18.2 Å². The van der Waals surface area contributed by atoms with Crippen molar-refractivity contribution in [2.24, 2.45) is 5.92 Å². The first-order valence-electron chi connectivity index (χ1n) is 6.75. The summed E-state index contributed by atoms with van der Waals surface area (Å²) in [4.78, 5) is 23.5. The van der Waals surface area contributed by atoms with Gasteiger partial charge in [-0.2, -0.15) is 0 Å². The minimum absolute atomic E-state index is 0.246.